The first-order chi connectivity index (χ1) is 22.1. The number of nitrogen functional groups attached to an aromatic ring is 3. The van der Waals surface area contributed by atoms with Crippen molar-refractivity contribution in [3.8, 4) is 0 Å². The number of anilines is 4. The van der Waals surface area contributed by atoms with E-state index in [4.69, 9.17) is 17.2 Å². The first-order valence-electron chi connectivity index (χ1n) is 13.3. The number of ketones is 1. The number of carbonyl (C=O) groups is 1. The van der Waals surface area contributed by atoms with Gasteiger partial charge in [0.1, 0.15) is 37.3 Å². The Kier molecular flexibility index (Phi) is 12.8. The van der Waals surface area contributed by atoms with Crippen molar-refractivity contribution in [2.24, 2.45) is 25.6 Å². The molecule has 240 valence electrons. The van der Waals surface area contributed by atoms with Gasteiger partial charge in [0.25, 0.3) is 0 Å². The average molecular weight is 720 g/mol. The van der Waals surface area contributed by atoms with E-state index in [-0.39, 0.29) is 64.8 Å². The van der Waals surface area contributed by atoms with Crippen LogP contribution in [0.3, 0.4) is 0 Å². The van der Waals surface area contributed by atoms with Crippen LogP contribution in [0.25, 0.3) is 6.08 Å². The molecule has 0 atom stereocenters. The van der Waals surface area contributed by atoms with E-state index in [9.17, 15) is 30.7 Å². The van der Waals surface area contributed by atoms with Crippen LogP contribution >= 0.6 is 0 Å². The zero-order valence-corrected chi connectivity index (χ0v) is 31.8. The van der Waals surface area contributed by atoms with Gasteiger partial charge in [-0.15, -0.1) is 10.2 Å². The molecule has 4 aromatic carbocycles. The van der Waals surface area contributed by atoms with E-state index < -0.39 is 64.0 Å². The van der Waals surface area contributed by atoms with Gasteiger partial charge < -0.3 is 26.3 Å². The molecule has 0 fully saturated rings. The molecule has 49 heavy (non-hydrogen) atoms. The summed E-state index contributed by atoms with van der Waals surface area (Å²) < 4.78 is 72.9. The molecule has 16 nitrogen and oxygen atoms in total. The van der Waals surface area contributed by atoms with Crippen molar-refractivity contribution < 1.29 is 89.9 Å². The van der Waals surface area contributed by atoms with Crippen molar-refractivity contribution in [2.45, 2.75) is 11.8 Å². The fourth-order valence-electron chi connectivity index (χ4n) is 4.34. The third-order valence-corrected chi connectivity index (χ3v) is 8.41. The van der Waals surface area contributed by atoms with Gasteiger partial charge in [-0.1, -0.05) is 18.2 Å². The molecule has 0 aliphatic heterocycles. The molecule has 0 heterocycles. The maximum Gasteiger partial charge on any atom is 1.00 e. The molecule has 0 amide bonds. The van der Waals surface area contributed by atoms with Crippen molar-refractivity contribution in [2.75, 3.05) is 22.6 Å². The molecular weight excluding hydrogens is 696 g/mol. The van der Waals surface area contributed by atoms with Gasteiger partial charge in [0.15, 0.2) is 0 Å². The van der Waals surface area contributed by atoms with Crippen LogP contribution < -0.4 is 81.7 Å². The molecular formula is C29H23N9Na2O7S2. The maximum absolute atomic E-state index is 13.5. The third kappa shape index (κ3) is 9.05. The van der Waals surface area contributed by atoms with Crippen molar-refractivity contribution in [3.05, 3.63) is 94.4 Å². The summed E-state index contributed by atoms with van der Waals surface area (Å²) in [6, 6.07) is 18.0. The standard InChI is InChI=1S/C29H25N9O7S2.2Na/c1-15-11-22(21(31)14-20(15)30)36-33-18-7-9-19(10-8-18)35-37-27-23(46(40,41)42)12-16-13-24(47(43,44)45)28(29(39)25(16)26(27)32)38-34-17-5-3-2-4-6-17;;/h2-14,34H,30-32H2,1H3,(H,40,41,42)(H,43,44,45);;/q;2*+1/p-2. The molecule has 5 rings (SSSR count). The number of fused-ring (bicyclic) bond motifs is 1. The zero-order valence-electron chi connectivity index (χ0n) is 26.1. The van der Waals surface area contributed by atoms with Crippen LogP contribution in [0.5, 0.6) is 0 Å². The Hall–Kier alpha value is -3.82. The molecule has 0 aromatic heterocycles. The quantitative estimate of drug-likeness (QED) is 0.0565. The van der Waals surface area contributed by atoms with Crippen LogP contribution in [0.15, 0.2) is 108 Å². The molecule has 0 bridgehead atoms. The van der Waals surface area contributed by atoms with E-state index in [1.165, 1.54) is 24.3 Å². The number of carbonyl (C=O) groups excluding carboxylic acids is 1. The van der Waals surface area contributed by atoms with E-state index in [1.807, 2.05) is 0 Å². The van der Waals surface area contributed by atoms with Gasteiger partial charge in [-0.2, -0.15) is 15.3 Å². The first kappa shape index (κ1) is 39.6. The molecule has 20 heteroatoms. The number of para-hydroxylation sites is 1. The number of benzene rings is 4. The van der Waals surface area contributed by atoms with Gasteiger partial charge in [0.2, 0.25) is 5.78 Å². The Bertz CT molecular complexity index is 2280. The Morgan fingerprint density at radius 1 is 0.735 bits per heavy atom. The molecule has 0 saturated carbocycles. The largest absolute Gasteiger partial charge is 1.00 e. The number of hydrogen-bond donors (Lipinski definition) is 4. The number of azo groups is 2. The third-order valence-electron chi connectivity index (χ3n) is 6.71. The van der Waals surface area contributed by atoms with E-state index in [0.29, 0.717) is 40.6 Å². The predicted molar refractivity (Wildman–Crippen MR) is 173 cm³/mol. The van der Waals surface area contributed by atoms with Crippen LogP contribution in [0.4, 0.5) is 45.5 Å². The number of hydrazone groups is 1. The summed E-state index contributed by atoms with van der Waals surface area (Å²) in [6.45, 7) is 1.79. The van der Waals surface area contributed by atoms with E-state index in [1.54, 1.807) is 49.4 Å². The molecule has 0 unspecified atom stereocenters. The van der Waals surface area contributed by atoms with Crippen molar-refractivity contribution >= 4 is 83.3 Å². The zero-order chi connectivity index (χ0) is 34.1. The number of hydrogen-bond acceptors (Lipinski definition) is 16. The summed E-state index contributed by atoms with van der Waals surface area (Å²) in [4.78, 5) is 11.5. The molecule has 0 saturated heterocycles. The minimum atomic E-state index is -5.32. The van der Waals surface area contributed by atoms with Crippen LogP contribution in [-0.4, -0.2) is 37.4 Å². The fraction of sp³-hybridized carbons (Fsp3) is 0.0345. The normalized spacial score (nSPS) is 13.9. The summed E-state index contributed by atoms with van der Waals surface area (Å²) in [5.41, 5.74) is 20.4. The number of rotatable bonds is 8. The van der Waals surface area contributed by atoms with Crippen LogP contribution in [0, 0.1) is 6.92 Å². The van der Waals surface area contributed by atoms with E-state index >= 15 is 0 Å². The van der Waals surface area contributed by atoms with Gasteiger partial charge in [0.05, 0.1) is 43.8 Å². The summed E-state index contributed by atoms with van der Waals surface area (Å²) in [7, 11) is -10.6. The number of Topliss-reactive ketones (excluding diaryl/α,β-unsaturated/α-hetero) is 1. The molecule has 0 radical (unpaired) electrons. The number of allylic oxidation sites excluding steroid dienone is 1. The van der Waals surface area contributed by atoms with Gasteiger partial charge in [-0.3, -0.25) is 10.2 Å². The summed E-state index contributed by atoms with van der Waals surface area (Å²) in [6.07, 6.45) is 0.711. The van der Waals surface area contributed by atoms with Crippen molar-refractivity contribution in [1.82, 2.24) is 0 Å². The van der Waals surface area contributed by atoms with Crippen molar-refractivity contribution in [1.29, 1.82) is 0 Å². The second-order valence-electron chi connectivity index (χ2n) is 9.97. The fourth-order valence-corrected chi connectivity index (χ4v) is 5.64. The summed E-state index contributed by atoms with van der Waals surface area (Å²) in [5, 5.41) is 19.9. The van der Waals surface area contributed by atoms with Gasteiger partial charge in [0, 0.05) is 5.69 Å². The molecule has 1 aliphatic rings. The van der Waals surface area contributed by atoms with Gasteiger partial charge in [-0.25, -0.2) is 16.8 Å². The smallest absolute Gasteiger partial charge is 0.744 e. The second-order valence-corrected chi connectivity index (χ2v) is 12.7. The van der Waals surface area contributed by atoms with Gasteiger partial charge in [-0.05, 0) is 78.7 Å². The second kappa shape index (κ2) is 15.8. The van der Waals surface area contributed by atoms with Gasteiger partial charge >= 0.3 is 59.1 Å². The van der Waals surface area contributed by atoms with Crippen LogP contribution in [-0.2, 0) is 20.2 Å². The Labute approximate surface area is 324 Å². The van der Waals surface area contributed by atoms with E-state index in [2.05, 4.69) is 31.0 Å². The summed E-state index contributed by atoms with van der Waals surface area (Å²) >= 11 is 0. The monoisotopic (exact) mass is 719 g/mol. The summed E-state index contributed by atoms with van der Waals surface area (Å²) in [5.74, 6) is -1.14. The predicted octanol–water partition coefficient (Wildman–Crippen LogP) is -0.965. The number of nitrogens with two attached hydrogens (primary N) is 3. The van der Waals surface area contributed by atoms with E-state index in [0.717, 1.165) is 5.56 Å². The Morgan fingerprint density at radius 3 is 1.90 bits per heavy atom. The number of nitrogens with one attached hydrogen (secondary N) is 1. The molecule has 0 spiro atoms. The molecule has 1 aliphatic carbocycles. The SMILES string of the molecule is Cc1cc(N=Nc2ccc(N=Nc3c(S(=O)(=O)[O-])cc4c(c3N)C(=O)C(=NNc3ccccc3)C(S(=O)(=O)[O-])=C4)cc2)c(N)cc1N.[Na+].[Na+]. The Balaban J connectivity index is 0.00000325. The van der Waals surface area contributed by atoms with Crippen molar-refractivity contribution in [3.63, 3.8) is 0 Å². The number of aryl methyl sites for hydroxylation is 1. The number of nitrogens with zero attached hydrogens (tertiary/aromatic N) is 5. The topological polar surface area (TPSA) is 283 Å². The first-order valence-corrected chi connectivity index (χ1v) is 16.1. The minimum Gasteiger partial charge on any atom is -0.744 e. The molecule has 7 N–H and O–H groups in total. The maximum atomic E-state index is 13.5. The van der Waals surface area contributed by atoms with Crippen LogP contribution in [0.2, 0.25) is 0 Å². The molecule has 4 aromatic rings. The van der Waals surface area contributed by atoms with Crippen LogP contribution in [0.1, 0.15) is 21.5 Å². The Morgan fingerprint density at radius 2 is 1.33 bits per heavy atom. The minimum absolute atomic E-state index is 0. The average Bonchev–Trinajstić information content (AvgIpc) is 3.01.